The van der Waals surface area contributed by atoms with Gasteiger partial charge in [0.15, 0.2) is 5.65 Å². The lowest BCUT2D eigenvalue weighted by atomic mass is 10.2. The van der Waals surface area contributed by atoms with E-state index >= 15 is 0 Å². The Morgan fingerprint density at radius 1 is 1.39 bits per heavy atom. The molecule has 0 saturated heterocycles. The minimum atomic E-state index is -0.297. The number of aromatic amines is 1. The third-order valence-corrected chi connectivity index (χ3v) is 2.66. The first-order chi connectivity index (χ1) is 8.74. The average Bonchev–Trinajstić information content (AvgIpc) is 2.74. The van der Waals surface area contributed by atoms with Gasteiger partial charge in [-0.05, 0) is 17.7 Å². The molecular formula is C12H9FN4O. The van der Waals surface area contributed by atoms with E-state index < -0.39 is 0 Å². The van der Waals surface area contributed by atoms with Crippen molar-refractivity contribution in [3.63, 3.8) is 0 Å². The molecule has 0 aliphatic heterocycles. The molecule has 0 saturated carbocycles. The summed E-state index contributed by atoms with van der Waals surface area (Å²) < 4.78 is 14.6. The van der Waals surface area contributed by atoms with Crippen molar-refractivity contribution in [2.24, 2.45) is 0 Å². The van der Waals surface area contributed by atoms with Crippen molar-refractivity contribution in [3.8, 4) is 0 Å². The van der Waals surface area contributed by atoms with Crippen LogP contribution < -0.4 is 5.56 Å². The Bertz CT molecular complexity index is 762. The standard InChI is InChI=1S/C12H9FN4O/c13-9-3-1-2-8(4-9)6-17-11-10(5-16-17)12(18)15-7-14-11/h1-5,7H,6H2,(H,14,15,18). The lowest BCUT2D eigenvalue weighted by molar-refractivity contribution is 0.620. The molecule has 18 heavy (non-hydrogen) atoms. The molecule has 0 radical (unpaired) electrons. The molecule has 1 N–H and O–H groups in total. The van der Waals surface area contributed by atoms with Crippen LogP contribution in [0, 0.1) is 5.82 Å². The number of hydrogen-bond acceptors (Lipinski definition) is 3. The highest BCUT2D eigenvalue weighted by molar-refractivity contribution is 5.72. The number of halogens is 1. The van der Waals surface area contributed by atoms with E-state index in [1.807, 2.05) is 0 Å². The van der Waals surface area contributed by atoms with Gasteiger partial charge in [0, 0.05) is 0 Å². The zero-order valence-electron chi connectivity index (χ0n) is 9.30. The Morgan fingerprint density at radius 2 is 2.28 bits per heavy atom. The van der Waals surface area contributed by atoms with Gasteiger partial charge in [-0.1, -0.05) is 12.1 Å². The molecule has 0 fully saturated rings. The van der Waals surface area contributed by atoms with Crippen LogP contribution in [0.15, 0.2) is 41.6 Å². The van der Waals surface area contributed by atoms with Gasteiger partial charge in [-0.3, -0.25) is 4.79 Å². The summed E-state index contributed by atoms with van der Waals surface area (Å²) in [5.41, 5.74) is 1.02. The van der Waals surface area contributed by atoms with Crippen LogP contribution in [0.2, 0.25) is 0 Å². The van der Waals surface area contributed by atoms with Crippen molar-refractivity contribution in [3.05, 3.63) is 58.5 Å². The van der Waals surface area contributed by atoms with Crippen molar-refractivity contribution in [1.82, 2.24) is 19.7 Å². The van der Waals surface area contributed by atoms with E-state index in [2.05, 4.69) is 15.1 Å². The number of rotatable bonds is 2. The number of aromatic nitrogens is 4. The Kier molecular flexibility index (Phi) is 2.40. The van der Waals surface area contributed by atoms with Gasteiger partial charge in [0.1, 0.15) is 11.2 Å². The smallest absolute Gasteiger partial charge is 0.261 e. The van der Waals surface area contributed by atoms with Gasteiger partial charge in [-0.15, -0.1) is 0 Å². The Hall–Kier alpha value is -2.50. The fourth-order valence-electron chi connectivity index (χ4n) is 1.83. The van der Waals surface area contributed by atoms with E-state index in [1.54, 1.807) is 16.8 Å². The molecule has 3 aromatic rings. The first kappa shape index (κ1) is 10.6. The van der Waals surface area contributed by atoms with Crippen LogP contribution >= 0.6 is 0 Å². The summed E-state index contributed by atoms with van der Waals surface area (Å²) in [4.78, 5) is 18.0. The van der Waals surface area contributed by atoms with Gasteiger partial charge in [0.2, 0.25) is 0 Å². The lowest BCUT2D eigenvalue weighted by Gasteiger charge is -2.02. The van der Waals surface area contributed by atoms with Crippen molar-refractivity contribution >= 4 is 11.0 Å². The summed E-state index contributed by atoms with van der Waals surface area (Å²) in [5, 5.41) is 4.52. The molecule has 2 heterocycles. The quantitative estimate of drug-likeness (QED) is 0.739. The van der Waals surface area contributed by atoms with Crippen LogP contribution in [0.4, 0.5) is 4.39 Å². The minimum absolute atomic E-state index is 0.231. The number of H-pyrrole nitrogens is 1. The summed E-state index contributed by atoms with van der Waals surface area (Å²) in [5.74, 6) is -0.297. The molecule has 0 unspecified atom stereocenters. The van der Waals surface area contributed by atoms with Crippen molar-refractivity contribution < 1.29 is 4.39 Å². The minimum Gasteiger partial charge on any atom is -0.312 e. The molecule has 5 nitrogen and oxygen atoms in total. The third-order valence-electron chi connectivity index (χ3n) is 2.66. The first-order valence-corrected chi connectivity index (χ1v) is 5.38. The van der Waals surface area contributed by atoms with Crippen LogP contribution in [0.5, 0.6) is 0 Å². The first-order valence-electron chi connectivity index (χ1n) is 5.38. The van der Waals surface area contributed by atoms with Gasteiger partial charge in [-0.2, -0.15) is 5.10 Å². The van der Waals surface area contributed by atoms with Gasteiger partial charge < -0.3 is 4.98 Å². The van der Waals surface area contributed by atoms with E-state index in [1.165, 1.54) is 24.7 Å². The van der Waals surface area contributed by atoms with E-state index in [4.69, 9.17) is 0 Å². The SMILES string of the molecule is O=c1[nH]cnc2c1cnn2Cc1cccc(F)c1. The fraction of sp³-hybridized carbons (Fsp3) is 0.0833. The van der Waals surface area contributed by atoms with Crippen molar-refractivity contribution in [2.75, 3.05) is 0 Å². The highest BCUT2D eigenvalue weighted by Gasteiger charge is 2.07. The summed E-state index contributed by atoms with van der Waals surface area (Å²) in [6.45, 7) is 0.373. The van der Waals surface area contributed by atoms with E-state index in [-0.39, 0.29) is 11.4 Å². The average molecular weight is 244 g/mol. The third kappa shape index (κ3) is 1.77. The molecule has 90 valence electrons. The Labute approximate surface area is 101 Å². The summed E-state index contributed by atoms with van der Waals surface area (Å²) >= 11 is 0. The van der Waals surface area contributed by atoms with Gasteiger partial charge >= 0.3 is 0 Å². The maximum atomic E-state index is 13.1. The molecule has 1 aromatic carbocycles. The molecule has 0 bridgehead atoms. The van der Waals surface area contributed by atoms with Crippen LogP contribution in [0.1, 0.15) is 5.56 Å². The zero-order valence-corrected chi connectivity index (χ0v) is 9.30. The summed E-state index contributed by atoms with van der Waals surface area (Å²) in [6, 6.07) is 6.24. The number of nitrogens with zero attached hydrogens (tertiary/aromatic N) is 3. The van der Waals surface area contributed by atoms with Crippen LogP contribution in [-0.4, -0.2) is 19.7 Å². The molecule has 0 aliphatic carbocycles. The largest absolute Gasteiger partial charge is 0.312 e. The Balaban J connectivity index is 2.06. The lowest BCUT2D eigenvalue weighted by Crippen LogP contribution is -2.08. The van der Waals surface area contributed by atoms with Crippen molar-refractivity contribution in [2.45, 2.75) is 6.54 Å². The van der Waals surface area contributed by atoms with E-state index in [9.17, 15) is 9.18 Å². The van der Waals surface area contributed by atoms with E-state index in [0.717, 1.165) is 5.56 Å². The number of nitrogens with one attached hydrogen (secondary N) is 1. The molecule has 3 rings (SSSR count). The predicted molar refractivity (Wildman–Crippen MR) is 63.7 cm³/mol. The highest BCUT2D eigenvalue weighted by Crippen LogP contribution is 2.09. The number of fused-ring (bicyclic) bond motifs is 1. The second-order valence-corrected chi connectivity index (χ2v) is 3.90. The fourth-order valence-corrected chi connectivity index (χ4v) is 1.83. The summed E-state index contributed by atoms with van der Waals surface area (Å²) in [6.07, 6.45) is 2.79. The zero-order chi connectivity index (χ0) is 12.5. The maximum Gasteiger partial charge on any atom is 0.261 e. The highest BCUT2D eigenvalue weighted by atomic mass is 19.1. The van der Waals surface area contributed by atoms with Crippen LogP contribution in [0.3, 0.4) is 0 Å². The van der Waals surface area contributed by atoms with Crippen LogP contribution in [0.25, 0.3) is 11.0 Å². The topological polar surface area (TPSA) is 63.6 Å². The predicted octanol–water partition coefficient (Wildman–Crippen LogP) is 1.31. The molecule has 6 heteroatoms. The number of hydrogen-bond donors (Lipinski definition) is 1. The normalized spacial score (nSPS) is 10.9. The maximum absolute atomic E-state index is 13.1. The molecule has 0 atom stereocenters. The van der Waals surface area contributed by atoms with Gasteiger partial charge in [0.25, 0.3) is 5.56 Å². The van der Waals surface area contributed by atoms with Gasteiger partial charge in [0.05, 0.1) is 19.1 Å². The molecular weight excluding hydrogens is 235 g/mol. The molecule has 0 spiro atoms. The van der Waals surface area contributed by atoms with E-state index in [0.29, 0.717) is 17.6 Å². The summed E-state index contributed by atoms with van der Waals surface area (Å²) in [7, 11) is 0. The molecule has 0 aliphatic rings. The number of benzene rings is 1. The second kappa shape index (κ2) is 4.06. The Morgan fingerprint density at radius 3 is 3.11 bits per heavy atom. The van der Waals surface area contributed by atoms with Crippen molar-refractivity contribution in [1.29, 1.82) is 0 Å². The molecule has 2 aromatic heterocycles. The molecule has 0 amide bonds. The van der Waals surface area contributed by atoms with Gasteiger partial charge in [-0.25, -0.2) is 14.1 Å². The second-order valence-electron chi connectivity index (χ2n) is 3.90. The van der Waals surface area contributed by atoms with Crippen LogP contribution in [-0.2, 0) is 6.54 Å². The monoisotopic (exact) mass is 244 g/mol.